The van der Waals surface area contributed by atoms with Crippen LogP contribution in [0.25, 0.3) is 0 Å². The molecule has 0 aliphatic rings. The van der Waals surface area contributed by atoms with E-state index in [9.17, 15) is 9.00 Å². The highest BCUT2D eigenvalue weighted by Crippen LogP contribution is 1.83. The summed E-state index contributed by atoms with van der Waals surface area (Å²) in [4.78, 5) is 10.3. The van der Waals surface area contributed by atoms with Crippen molar-refractivity contribution in [1.82, 2.24) is 0 Å². The molecule has 0 saturated heterocycles. The van der Waals surface area contributed by atoms with Gasteiger partial charge in [-0.3, -0.25) is 8.98 Å². The Kier molecular flexibility index (Phi) is 4.25. The average Bonchev–Trinajstić information content (AvgIpc) is 1.87. The molecule has 0 spiro atoms. The third-order valence-electron chi connectivity index (χ3n) is 0.649. The molecule has 0 N–H and O–H groups in total. The zero-order valence-corrected chi connectivity index (χ0v) is 6.06. The molecule has 0 bridgehead atoms. The summed E-state index contributed by atoms with van der Waals surface area (Å²) in [7, 11) is 2.49. The molecule has 0 heterocycles. The van der Waals surface area contributed by atoms with Gasteiger partial charge in [0.2, 0.25) is 0 Å². The second-order valence-electron chi connectivity index (χ2n) is 1.19. The van der Waals surface area contributed by atoms with Crippen LogP contribution >= 0.6 is 0 Å². The maximum Gasteiger partial charge on any atom is 0.320 e. The summed E-state index contributed by atoms with van der Waals surface area (Å²) in [6.45, 7) is 0. The van der Waals surface area contributed by atoms with E-state index in [1.807, 2.05) is 0 Å². The van der Waals surface area contributed by atoms with E-state index in [2.05, 4.69) is 8.92 Å². The summed E-state index contributed by atoms with van der Waals surface area (Å²) in [5, 5.41) is 0. The fourth-order valence-corrected chi connectivity index (χ4v) is 0.642. The van der Waals surface area contributed by atoms with Gasteiger partial charge in [-0.2, -0.15) is 0 Å². The molecule has 0 aliphatic heterocycles. The molecule has 5 heteroatoms. The number of carbonyl (C=O) groups excluding carboxylic acids is 1. The standard InChI is InChI=1S/C4H8O4S/c1-7-4(5)3-9(6)8-2/h3H2,1-2H3. The Morgan fingerprint density at radius 3 is 2.44 bits per heavy atom. The van der Waals surface area contributed by atoms with E-state index in [0.29, 0.717) is 0 Å². The number of rotatable bonds is 3. The van der Waals surface area contributed by atoms with Gasteiger partial charge in [-0.1, -0.05) is 0 Å². The van der Waals surface area contributed by atoms with Gasteiger partial charge in [0.15, 0.2) is 11.1 Å². The van der Waals surface area contributed by atoms with Crippen molar-refractivity contribution in [3.8, 4) is 0 Å². The minimum Gasteiger partial charge on any atom is -0.468 e. The first-order chi connectivity index (χ1) is 4.20. The van der Waals surface area contributed by atoms with E-state index in [1.165, 1.54) is 14.2 Å². The number of ether oxygens (including phenoxy) is 1. The van der Waals surface area contributed by atoms with Crippen LogP contribution in [0.1, 0.15) is 0 Å². The van der Waals surface area contributed by atoms with Crippen molar-refractivity contribution in [2.24, 2.45) is 0 Å². The molecule has 0 radical (unpaired) electrons. The number of hydrogen-bond acceptors (Lipinski definition) is 4. The van der Waals surface area contributed by atoms with Gasteiger partial charge in [0.25, 0.3) is 0 Å². The molecule has 54 valence electrons. The van der Waals surface area contributed by atoms with Gasteiger partial charge in [-0.05, 0) is 0 Å². The van der Waals surface area contributed by atoms with Crippen LogP contribution in [0.2, 0.25) is 0 Å². The zero-order valence-electron chi connectivity index (χ0n) is 5.25. The summed E-state index contributed by atoms with van der Waals surface area (Å²) < 4.78 is 18.9. The van der Waals surface area contributed by atoms with Gasteiger partial charge in [-0.15, -0.1) is 0 Å². The van der Waals surface area contributed by atoms with Crippen LogP contribution in [-0.2, 0) is 24.8 Å². The summed E-state index contributed by atoms with van der Waals surface area (Å²) in [6.07, 6.45) is 0. The van der Waals surface area contributed by atoms with Crippen LogP contribution in [0.5, 0.6) is 0 Å². The first kappa shape index (κ1) is 8.58. The Morgan fingerprint density at radius 1 is 1.56 bits per heavy atom. The van der Waals surface area contributed by atoms with Crippen LogP contribution in [0.3, 0.4) is 0 Å². The molecule has 9 heavy (non-hydrogen) atoms. The molecule has 0 aromatic heterocycles. The second kappa shape index (κ2) is 4.46. The number of carbonyl (C=O) groups is 1. The molecule has 0 aromatic carbocycles. The monoisotopic (exact) mass is 152 g/mol. The van der Waals surface area contributed by atoms with E-state index in [4.69, 9.17) is 0 Å². The Labute approximate surface area is 55.8 Å². The fourth-order valence-electron chi connectivity index (χ4n) is 0.214. The van der Waals surface area contributed by atoms with Crippen molar-refractivity contribution in [1.29, 1.82) is 0 Å². The third kappa shape index (κ3) is 4.11. The third-order valence-corrected chi connectivity index (χ3v) is 1.49. The topological polar surface area (TPSA) is 52.6 Å². The molecular weight excluding hydrogens is 144 g/mol. The Bertz CT molecular complexity index is 108. The highest BCUT2D eigenvalue weighted by Gasteiger charge is 2.05. The molecule has 0 saturated carbocycles. The van der Waals surface area contributed by atoms with Gasteiger partial charge in [0.1, 0.15) is 5.75 Å². The molecule has 0 aromatic rings. The molecule has 0 aliphatic carbocycles. The quantitative estimate of drug-likeness (QED) is 0.510. The largest absolute Gasteiger partial charge is 0.468 e. The minimum atomic E-state index is -1.53. The summed E-state index contributed by atoms with van der Waals surface area (Å²) >= 11 is -1.53. The number of methoxy groups -OCH3 is 1. The van der Waals surface area contributed by atoms with Crippen molar-refractivity contribution in [3.63, 3.8) is 0 Å². The lowest BCUT2D eigenvalue weighted by atomic mass is 10.8. The van der Waals surface area contributed by atoms with Crippen molar-refractivity contribution in [2.75, 3.05) is 20.0 Å². The minimum absolute atomic E-state index is 0.201. The normalized spacial score (nSPS) is 12.7. The van der Waals surface area contributed by atoms with Gasteiger partial charge in [0.05, 0.1) is 14.2 Å². The highest BCUT2D eigenvalue weighted by molar-refractivity contribution is 7.80. The number of hydrogen-bond donors (Lipinski definition) is 0. The first-order valence-corrected chi connectivity index (χ1v) is 3.44. The van der Waals surface area contributed by atoms with E-state index >= 15 is 0 Å². The lowest BCUT2D eigenvalue weighted by Gasteiger charge is -1.95. The van der Waals surface area contributed by atoms with Crippen molar-refractivity contribution < 1.29 is 17.9 Å². The molecule has 1 atom stereocenters. The van der Waals surface area contributed by atoms with Gasteiger partial charge in [0, 0.05) is 0 Å². The van der Waals surface area contributed by atoms with Crippen LogP contribution < -0.4 is 0 Å². The summed E-state index contributed by atoms with van der Waals surface area (Å²) in [5.74, 6) is -0.734. The SMILES string of the molecule is COC(=O)CS(=O)OC. The van der Waals surface area contributed by atoms with Crippen LogP contribution in [0.4, 0.5) is 0 Å². The Hall–Kier alpha value is -0.420. The smallest absolute Gasteiger partial charge is 0.320 e. The van der Waals surface area contributed by atoms with Crippen LogP contribution in [0.15, 0.2) is 0 Å². The molecule has 4 nitrogen and oxygen atoms in total. The van der Waals surface area contributed by atoms with E-state index in [1.54, 1.807) is 0 Å². The van der Waals surface area contributed by atoms with E-state index < -0.39 is 17.0 Å². The molecule has 0 rings (SSSR count). The van der Waals surface area contributed by atoms with E-state index in [0.717, 1.165) is 0 Å². The van der Waals surface area contributed by atoms with Crippen molar-refractivity contribution >= 4 is 17.0 Å². The lowest BCUT2D eigenvalue weighted by Crippen LogP contribution is -2.12. The van der Waals surface area contributed by atoms with Gasteiger partial charge in [-0.25, -0.2) is 4.21 Å². The first-order valence-electron chi connectivity index (χ1n) is 2.20. The summed E-state index contributed by atoms with van der Waals surface area (Å²) in [6, 6.07) is 0. The maximum atomic E-state index is 10.4. The molecule has 0 fully saturated rings. The van der Waals surface area contributed by atoms with Crippen LogP contribution in [0, 0.1) is 0 Å². The predicted octanol–water partition coefficient (Wildman–Crippen LogP) is -0.530. The maximum absolute atomic E-state index is 10.4. The predicted molar refractivity (Wildman–Crippen MR) is 32.0 cm³/mol. The second-order valence-corrected chi connectivity index (χ2v) is 2.42. The molecular formula is C4H8O4S. The van der Waals surface area contributed by atoms with Gasteiger partial charge < -0.3 is 4.74 Å². The Morgan fingerprint density at radius 2 is 2.11 bits per heavy atom. The highest BCUT2D eigenvalue weighted by atomic mass is 32.2. The molecule has 1 unspecified atom stereocenters. The van der Waals surface area contributed by atoms with Crippen molar-refractivity contribution in [3.05, 3.63) is 0 Å². The lowest BCUT2D eigenvalue weighted by molar-refractivity contribution is -0.137. The van der Waals surface area contributed by atoms with Crippen LogP contribution in [-0.4, -0.2) is 30.2 Å². The van der Waals surface area contributed by atoms with Gasteiger partial charge >= 0.3 is 5.97 Å². The average molecular weight is 152 g/mol. The number of esters is 1. The Balaban J connectivity index is 3.47. The molecule has 0 amide bonds. The van der Waals surface area contributed by atoms with Crippen molar-refractivity contribution in [2.45, 2.75) is 0 Å². The fraction of sp³-hybridized carbons (Fsp3) is 0.750. The summed E-state index contributed by atoms with van der Waals surface area (Å²) in [5.41, 5.74) is 0. The van der Waals surface area contributed by atoms with E-state index in [-0.39, 0.29) is 5.75 Å². The zero-order chi connectivity index (χ0) is 7.28.